The number of allylic oxidation sites excluding steroid dienone is 2. The summed E-state index contributed by atoms with van der Waals surface area (Å²) in [4.78, 5) is 5.35. The molecule has 8 aromatic carbocycles. The molecule has 1 aliphatic heterocycles. The molecule has 0 bridgehead atoms. The van der Waals surface area contributed by atoms with Crippen molar-refractivity contribution in [2.24, 2.45) is 4.99 Å². The van der Waals surface area contributed by atoms with Crippen LogP contribution in [0.4, 0.5) is 0 Å². The van der Waals surface area contributed by atoms with Gasteiger partial charge in [-0.15, -0.1) is 11.3 Å². The topological polar surface area (TPSA) is 24.4 Å². The average Bonchev–Trinajstić information content (AvgIpc) is 3.62. The number of rotatable bonds is 4. The van der Waals surface area contributed by atoms with Crippen molar-refractivity contribution in [3.05, 3.63) is 199 Å². The van der Waals surface area contributed by atoms with E-state index in [9.17, 15) is 0 Å². The first-order chi connectivity index (χ1) is 26.3. The van der Waals surface area contributed by atoms with E-state index >= 15 is 0 Å². The Bertz CT molecular complexity index is 3070. The highest BCUT2D eigenvalue weighted by molar-refractivity contribution is 7.26. The van der Waals surface area contributed by atoms with Crippen molar-refractivity contribution in [2.45, 2.75) is 6.04 Å². The lowest BCUT2D eigenvalue weighted by Crippen LogP contribution is -2.39. The molecule has 3 heteroatoms. The smallest absolute Gasteiger partial charge is 0.134 e. The molecule has 0 amide bonds. The van der Waals surface area contributed by atoms with Crippen LogP contribution in [-0.2, 0) is 0 Å². The van der Waals surface area contributed by atoms with Gasteiger partial charge in [0, 0.05) is 42.3 Å². The fraction of sp³-hybridized carbons (Fsp3) is 0.0200. The quantitative estimate of drug-likeness (QED) is 0.182. The van der Waals surface area contributed by atoms with Crippen LogP contribution in [0.1, 0.15) is 11.1 Å². The lowest BCUT2D eigenvalue weighted by Gasteiger charge is -2.28. The van der Waals surface area contributed by atoms with Crippen molar-refractivity contribution < 1.29 is 0 Å². The van der Waals surface area contributed by atoms with Crippen LogP contribution in [0, 0.1) is 0 Å². The van der Waals surface area contributed by atoms with E-state index in [1.165, 1.54) is 69.2 Å². The second kappa shape index (κ2) is 12.0. The Morgan fingerprint density at radius 1 is 0.453 bits per heavy atom. The van der Waals surface area contributed by atoms with Gasteiger partial charge in [-0.05, 0) is 79.5 Å². The minimum Gasteiger partial charge on any atom is -0.359 e. The second-order valence-corrected chi connectivity index (χ2v) is 15.0. The van der Waals surface area contributed by atoms with Gasteiger partial charge in [0.25, 0.3) is 0 Å². The molecule has 1 aromatic heterocycles. The van der Waals surface area contributed by atoms with Crippen molar-refractivity contribution in [1.29, 1.82) is 0 Å². The molecule has 1 atom stereocenters. The average molecular weight is 693 g/mol. The summed E-state index contributed by atoms with van der Waals surface area (Å²) < 4.78 is 2.68. The zero-order chi connectivity index (χ0) is 34.9. The highest BCUT2D eigenvalue weighted by Gasteiger charge is 2.25. The van der Waals surface area contributed by atoms with E-state index in [4.69, 9.17) is 4.99 Å². The van der Waals surface area contributed by atoms with Crippen molar-refractivity contribution in [3.63, 3.8) is 0 Å². The number of thiophene rings is 1. The second-order valence-electron chi connectivity index (χ2n) is 13.9. The maximum atomic E-state index is 5.35. The Hall–Kier alpha value is -6.55. The highest BCUT2D eigenvalue weighted by Crippen LogP contribution is 2.45. The molecule has 1 N–H and O–H groups in total. The lowest BCUT2D eigenvalue weighted by molar-refractivity contribution is 0.830. The van der Waals surface area contributed by atoms with E-state index in [2.05, 4.69) is 187 Å². The third kappa shape index (κ3) is 4.89. The van der Waals surface area contributed by atoms with Gasteiger partial charge in [0.05, 0.1) is 11.7 Å². The van der Waals surface area contributed by atoms with E-state index < -0.39 is 0 Å². The third-order valence-electron chi connectivity index (χ3n) is 10.9. The monoisotopic (exact) mass is 692 g/mol. The van der Waals surface area contributed by atoms with Crippen LogP contribution in [0.25, 0.3) is 80.4 Å². The molecule has 248 valence electrons. The Morgan fingerprint density at radius 3 is 1.89 bits per heavy atom. The summed E-state index contributed by atoms with van der Waals surface area (Å²) in [7, 11) is 0. The number of aliphatic imine (C=N–C) groups is 1. The van der Waals surface area contributed by atoms with Crippen molar-refractivity contribution in [2.75, 3.05) is 0 Å². The molecule has 0 radical (unpaired) electrons. The van der Waals surface area contributed by atoms with Crippen molar-refractivity contribution in [1.82, 2.24) is 5.32 Å². The van der Waals surface area contributed by atoms with E-state index in [0.717, 1.165) is 33.8 Å². The number of amidine groups is 1. The van der Waals surface area contributed by atoms with Crippen LogP contribution in [0.15, 0.2) is 193 Å². The van der Waals surface area contributed by atoms with Gasteiger partial charge in [0.1, 0.15) is 5.84 Å². The minimum atomic E-state index is 0.0394. The van der Waals surface area contributed by atoms with Gasteiger partial charge in [0.2, 0.25) is 0 Å². The summed E-state index contributed by atoms with van der Waals surface area (Å²) in [6, 6.07) is 57.6. The molecule has 1 aliphatic carbocycles. The van der Waals surface area contributed by atoms with Gasteiger partial charge >= 0.3 is 0 Å². The van der Waals surface area contributed by atoms with Crippen LogP contribution in [-0.4, -0.2) is 11.9 Å². The molecule has 2 nitrogen and oxygen atoms in total. The predicted molar refractivity (Wildman–Crippen MR) is 228 cm³/mol. The van der Waals surface area contributed by atoms with Gasteiger partial charge in [-0.2, -0.15) is 0 Å². The van der Waals surface area contributed by atoms with Gasteiger partial charge in [-0.25, -0.2) is 4.99 Å². The van der Waals surface area contributed by atoms with E-state index in [1.807, 2.05) is 11.3 Å². The highest BCUT2D eigenvalue weighted by atomic mass is 32.1. The third-order valence-corrected chi connectivity index (χ3v) is 12.1. The molecule has 0 spiro atoms. The molecule has 2 aliphatic rings. The summed E-state index contributed by atoms with van der Waals surface area (Å²) in [5.74, 6) is 0.876. The van der Waals surface area contributed by atoms with Crippen LogP contribution in [0.2, 0.25) is 0 Å². The molecule has 0 saturated carbocycles. The largest absolute Gasteiger partial charge is 0.359 e. The van der Waals surface area contributed by atoms with Crippen LogP contribution in [0.5, 0.6) is 0 Å². The molecule has 53 heavy (non-hydrogen) atoms. The molecule has 2 heterocycles. The SMILES string of the molecule is C1=CC2=C(c3ccccc3)N=C(c3cc(-c4ccccc4)cc(-c4ccc5c(c4)c4ccccc4c4ccc6c7ccccc7sc6c45)c3)NC2C=C1. The summed E-state index contributed by atoms with van der Waals surface area (Å²) in [6.07, 6.45) is 8.63. The normalized spacial score (nSPS) is 15.4. The summed E-state index contributed by atoms with van der Waals surface area (Å²) >= 11 is 1.91. The minimum absolute atomic E-state index is 0.0394. The van der Waals surface area contributed by atoms with E-state index in [1.54, 1.807) is 0 Å². The number of benzene rings is 8. The Morgan fingerprint density at radius 2 is 1.08 bits per heavy atom. The van der Waals surface area contributed by atoms with E-state index in [0.29, 0.717) is 0 Å². The van der Waals surface area contributed by atoms with Gasteiger partial charge in [-0.1, -0.05) is 152 Å². The summed E-state index contributed by atoms with van der Waals surface area (Å²) in [5.41, 5.74) is 9.05. The number of hydrogen-bond acceptors (Lipinski definition) is 3. The van der Waals surface area contributed by atoms with Gasteiger partial charge < -0.3 is 5.32 Å². The first-order valence-corrected chi connectivity index (χ1v) is 19.0. The van der Waals surface area contributed by atoms with E-state index in [-0.39, 0.29) is 6.04 Å². The Labute approximate surface area is 311 Å². The molecular formula is C50H32N2S. The fourth-order valence-electron chi connectivity index (χ4n) is 8.35. The zero-order valence-electron chi connectivity index (χ0n) is 28.8. The summed E-state index contributed by atoms with van der Waals surface area (Å²) in [5, 5.41) is 14.2. The first-order valence-electron chi connectivity index (χ1n) is 18.2. The Balaban J connectivity index is 1.15. The molecule has 1 unspecified atom stereocenters. The molecule has 11 rings (SSSR count). The standard InChI is InChI=1S/C50H32N2S/c1-3-13-31(14-4-1)34-27-35(29-36(28-34)50-51-45-21-11-9-20-43(45)48(52-50)32-15-5-2-6-16-32)33-23-24-41-44(30-33)38-18-8-7-17-37(38)40-25-26-42-39-19-10-12-22-46(39)53-49(42)47(40)41/h1-30,45H,(H,51,52). The van der Waals surface area contributed by atoms with Crippen LogP contribution >= 0.6 is 11.3 Å². The van der Waals surface area contributed by atoms with Crippen molar-refractivity contribution in [3.8, 4) is 22.3 Å². The summed E-state index contributed by atoms with van der Waals surface area (Å²) in [6.45, 7) is 0. The van der Waals surface area contributed by atoms with Gasteiger partial charge in [-0.3, -0.25) is 0 Å². The fourth-order valence-corrected chi connectivity index (χ4v) is 9.62. The van der Waals surface area contributed by atoms with Gasteiger partial charge in [0.15, 0.2) is 0 Å². The molecular weight excluding hydrogens is 661 g/mol. The van der Waals surface area contributed by atoms with Crippen LogP contribution < -0.4 is 5.32 Å². The number of nitrogens with one attached hydrogen (secondary N) is 1. The number of hydrogen-bond donors (Lipinski definition) is 1. The lowest BCUT2D eigenvalue weighted by atomic mass is 9.89. The van der Waals surface area contributed by atoms with Crippen LogP contribution in [0.3, 0.4) is 0 Å². The number of fused-ring (bicyclic) bond motifs is 11. The maximum absolute atomic E-state index is 5.35. The predicted octanol–water partition coefficient (Wildman–Crippen LogP) is 13.1. The number of nitrogens with zero attached hydrogens (tertiary/aromatic N) is 1. The molecule has 9 aromatic rings. The Kier molecular flexibility index (Phi) is 6.83. The molecule has 0 saturated heterocycles. The molecule has 0 fully saturated rings. The van der Waals surface area contributed by atoms with Crippen molar-refractivity contribution >= 4 is 75.4 Å². The first kappa shape index (κ1) is 30.1. The maximum Gasteiger partial charge on any atom is 0.134 e. The zero-order valence-corrected chi connectivity index (χ0v) is 29.6.